The van der Waals surface area contributed by atoms with Gasteiger partial charge in [-0.3, -0.25) is 9.59 Å². The van der Waals surface area contributed by atoms with E-state index in [0.29, 0.717) is 38.0 Å². The molecule has 1 aliphatic heterocycles. The zero-order valence-electron chi connectivity index (χ0n) is 17.9. The highest BCUT2D eigenvalue weighted by Gasteiger charge is 2.27. The maximum absolute atomic E-state index is 12.4. The lowest BCUT2D eigenvalue weighted by atomic mass is 9.95. The quantitative estimate of drug-likeness (QED) is 0.473. The Morgan fingerprint density at radius 3 is 2.43 bits per heavy atom. The van der Waals surface area contributed by atoms with Crippen LogP contribution in [0.4, 0.5) is 0 Å². The van der Waals surface area contributed by atoms with Crippen molar-refractivity contribution in [2.24, 2.45) is 5.92 Å². The molecule has 1 fully saturated rings. The van der Waals surface area contributed by atoms with Crippen molar-refractivity contribution in [3.8, 4) is 5.75 Å². The zero-order chi connectivity index (χ0) is 21.9. The van der Waals surface area contributed by atoms with Crippen molar-refractivity contribution in [1.29, 1.82) is 0 Å². The SMILES string of the molecule is CCOc1ccc(C(=O)NCCCCC(NC(=O)C2CCN(C)CC2)C(=O)O)cc1. The van der Waals surface area contributed by atoms with Gasteiger partial charge in [0.2, 0.25) is 5.91 Å². The van der Waals surface area contributed by atoms with Gasteiger partial charge < -0.3 is 25.4 Å². The number of hydrogen-bond acceptors (Lipinski definition) is 5. The number of carbonyl (C=O) groups is 3. The number of hydrogen-bond donors (Lipinski definition) is 3. The van der Waals surface area contributed by atoms with Crippen LogP contribution in [0.25, 0.3) is 0 Å². The molecule has 0 aliphatic carbocycles. The minimum atomic E-state index is -1.02. The Morgan fingerprint density at radius 1 is 1.17 bits per heavy atom. The van der Waals surface area contributed by atoms with Gasteiger partial charge in [-0.05, 0) is 83.4 Å². The van der Waals surface area contributed by atoms with E-state index in [4.69, 9.17) is 4.74 Å². The monoisotopic (exact) mass is 419 g/mol. The van der Waals surface area contributed by atoms with E-state index >= 15 is 0 Å². The highest BCUT2D eigenvalue weighted by atomic mass is 16.5. The molecule has 0 saturated carbocycles. The molecule has 0 bridgehead atoms. The van der Waals surface area contributed by atoms with Gasteiger partial charge >= 0.3 is 5.97 Å². The van der Waals surface area contributed by atoms with Crippen molar-refractivity contribution in [3.05, 3.63) is 29.8 Å². The van der Waals surface area contributed by atoms with Crippen LogP contribution in [-0.2, 0) is 9.59 Å². The number of carbonyl (C=O) groups excluding carboxylic acids is 2. The first-order valence-corrected chi connectivity index (χ1v) is 10.6. The van der Waals surface area contributed by atoms with Crippen molar-refractivity contribution < 1.29 is 24.2 Å². The molecule has 1 atom stereocenters. The second-order valence-electron chi connectivity index (χ2n) is 7.69. The van der Waals surface area contributed by atoms with Gasteiger partial charge in [-0.15, -0.1) is 0 Å². The minimum absolute atomic E-state index is 0.114. The number of unbranched alkanes of at least 4 members (excludes halogenated alkanes) is 1. The Labute approximate surface area is 178 Å². The number of nitrogens with one attached hydrogen (secondary N) is 2. The van der Waals surface area contributed by atoms with Crippen molar-refractivity contribution in [3.63, 3.8) is 0 Å². The zero-order valence-corrected chi connectivity index (χ0v) is 17.9. The number of amides is 2. The molecule has 1 heterocycles. The molecule has 0 spiro atoms. The third kappa shape index (κ3) is 7.67. The van der Waals surface area contributed by atoms with Crippen LogP contribution in [-0.4, -0.2) is 67.1 Å². The van der Waals surface area contributed by atoms with E-state index in [2.05, 4.69) is 15.5 Å². The van der Waals surface area contributed by atoms with E-state index in [1.807, 2.05) is 14.0 Å². The Morgan fingerprint density at radius 2 is 1.83 bits per heavy atom. The number of likely N-dealkylation sites (tertiary alicyclic amines) is 1. The van der Waals surface area contributed by atoms with Crippen molar-refractivity contribution in [1.82, 2.24) is 15.5 Å². The predicted octanol–water partition coefficient (Wildman–Crippen LogP) is 1.90. The summed E-state index contributed by atoms with van der Waals surface area (Å²) in [5, 5.41) is 14.9. The van der Waals surface area contributed by atoms with Crippen LogP contribution in [0.1, 0.15) is 49.4 Å². The molecule has 2 amide bonds. The number of nitrogens with zero attached hydrogens (tertiary/aromatic N) is 1. The fourth-order valence-corrected chi connectivity index (χ4v) is 3.46. The molecular formula is C22H33N3O5. The number of carboxylic acid groups (broad SMARTS) is 1. The van der Waals surface area contributed by atoms with Gasteiger partial charge in [-0.25, -0.2) is 4.79 Å². The first-order valence-electron chi connectivity index (χ1n) is 10.6. The summed E-state index contributed by atoms with van der Waals surface area (Å²) in [5.41, 5.74) is 0.548. The number of piperidine rings is 1. The molecule has 1 saturated heterocycles. The van der Waals surface area contributed by atoms with Crippen LogP contribution >= 0.6 is 0 Å². The van der Waals surface area contributed by atoms with E-state index in [1.54, 1.807) is 24.3 Å². The van der Waals surface area contributed by atoms with Crippen LogP contribution in [0.15, 0.2) is 24.3 Å². The van der Waals surface area contributed by atoms with E-state index in [0.717, 1.165) is 31.7 Å². The highest BCUT2D eigenvalue weighted by molar-refractivity contribution is 5.94. The Bertz CT molecular complexity index is 699. The van der Waals surface area contributed by atoms with Crippen molar-refractivity contribution in [2.45, 2.75) is 45.1 Å². The van der Waals surface area contributed by atoms with Crippen LogP contribution in [0.5, 0.6) is 5.75 Å². The van der Waals surface area contributed by atoms with E-state index in [-0.39, 0.29) is 17.7 Å². The summed E-state index contributed by atoms with van der Waals surface area (Å²) in [6.45, 7) is 4.62. The summed E-state index contributed by atoms with van der Waals surface area (Å²) in [6.07, 6.45) is 3.08. The maximum Gasteiger partial charge on any atom is 0.326 e. The summed E-state index contributed by atoms with van der Waals surface area (Å²) >= 11 is 0. The molecule has 1 aromatic carbocycles. The largest absolute Gasteiger partial charge is 0.494 e. The number of rotatable bonds is 11. The summed E-state index contributed by atoms with van der Waals surface area (Å²) in [6, 6.07) is 6.03. The molecule has 1 unspecified atom stereocenters. The van der Waals surface area contributed by atoms with Crippen LogP contribution in [0.2, 0.25) is 0 Å². The molecule has 2 rings (SSSR count). The summed E-state index contributed by atoms with van der Waals surface area (Å²) in [5.74, 6) is -0.759. The lowest BCUT2D eigenvalue weighted by molar-refractivity contribution is -0.143. The average Bonchev–Trinajstić information content (AvgIpc) is 2.73. The van der Waals surface area contributed by atoms with Gasteiger partial charge in [0.25, 0.3) is 5.91 Å². The molecule has 3 N–H and O–H groups in total. The molecule has 166 valence electrons. The van der Waals surface area contributed by atoms with Gasteiger partial charge in [-0.2, -0.15) is 0 Å². The smallest absolute Gasteiger partial charge is 0.326 e. The average molecular weight is 420 g/mol. The predicted molar refractivity (Wildman–Crippen MR) is 114 cm³/mol. The Hall–Kier alpha value is -2.61. The third-order valence-corrected chi connectivity index (χ3v) is 5.34. The normalized spacial score (nSPS) is 15.9. The highest BCUT2D eigenvalue weighted by Crippen LogP contribution is 2.17. The molecule has 0 radical (unpaired) electrons. The van der Waals surface area contributed by atoms with Crippen molar-refractivity contribution >= 4 is 17.8 Å². The van der Waals surface area contributed by atoms with Gasteiger partial charge in [0, 0.05) is 18.0 Å². The number of benzene rings is 1. The maximum atomic E-state index is 12.4. The topological polar surface area (TPSA) is 108 Å². The summed E-state index contributed by atoms with van der Waals surface area (Å²) in [4.78, 5) is 38.2. The standard InChI is InChI=1S/C22H33N3O5/c1-3-30-18-9-7-16(8-10-18)20(26)23-13-5-4-6-19(22(28)29)24-21(27)17-11-14-25(2)15-12-17/h7-10,17,19H,3-6,11-15H2,1-2H3,(H,23,26)(H,24,27)(H,28,29). The molecule has 30 heavy (non-hydrogen) atoms. The van der Waals surface area contributed by atoms with Crippen LogP contribution in [0.3, 0.4) is 0 Å². The minimum Gasteiger partial charge on any atom is -0.494 e. The number of ether oxygens (including phenoxy) is 1. The third-order valence-electron chi connectivity index (χ3n) is 5.34. The first kappa shape index (κ1) is 23.7. The van der Waals surface area contributed by atoms with Gasteiger partial charge in [0.1, 0.15) is 11.8 Å². The van der Waals surface area contributed by atoms with E-state index in [9.17, 15) is 19.5 Å². The fourth-order valence-electron chi connectivity index (χ4n) is 3.46. The summed E-state index contributed by atoms with van der Waals surface area (Å²) in [7, 11) is 2.02. The molecule has 1 aliphatic rings. The molecule has 0 aromatic heterocycles. The second kappa shape index (κ2) is 12.2. The van der Waals surface area contributed by atoms with Gasteiger partial charge in [0.15, 0.2) is 0 Å². The Kier molecular flexibility index (Phi) is 9.60. The van der Waals surface area contributed by atoms with Gasteiger partial charge in [0.05, 0.1) is 6.61 Å². The molecule has 1 aromatic rings. The fraction of sp³-hybridized carbons (Fsp3) is 0.591. The van der Waals surface area contributed by atoms with Crippen molar-refractivity contribution in [2.75, 3.05) is 33.3 Å². The molecule has 8 nitrogen and oxygen atoms in total. The molecule has 8 heteroatoms. The first-order chi connectivity index (χ1) is 14.4. The second-order valence-corrected chi connectivity index (χ2v) is 7.69. The van der Waals surface area contributed by atoms with E-state index in [1.165, 1.54) is 0 Å². The summed E-state index contributed by atoms with van der Waals surface area (Å²) < 4.78 is 5.35. The Balaban J connectivity index is 1.68. The lowest BCUT2D eigenvalue weighted by Gasteiger charge is -2.29. The van der Waals surface area contributed by atoms with Gasteiger partial charge in [-0.1, -0.05) is 0 Å². The van der Waals surface area contributed by atoms with E-state index < -0.39 is 12.0 Å². The number of aliphatic carboxylic acids is 1. The van der Waals surface area contributed by atoms with Crippen LogP contribution < -0.4 is 15.4 Å². The van der Waals surface area contributed by atoms with Crippen LogP contribution in [0, 0.1) is 5.92 Å². The lowest BCUT2D eigenvalue weighted by Crippen LogP contribution is -2.46. The molecular weight excluding hydrogens is 386 g/mol. The number of carboxylic acids is 1.